The van der Waals surface area contributed by atoms with Gasteiger partial charge in [-0.15, -0.1) is 0 Å². The summed E-state index contributed by atoms with van der Waals surface area (Å²) < 4.78 is 0. The Morgan fingerprint density at radius 2 is 1.66 bits per heavy atom. The first-order valence-electron chi connectivity index (χ1n) is 9.68. The largest absolute Gasteiger partial charge is 0.356 e. The molecule has 5 heteroatoms. The molecule has 0 unspecified atom stereocenters. The van der Waals surface area contributed by atoms with Crippen molar-refractivity contribution in [2.75, 3.05) is 11.9 Å². The van der Waals surface area contributed by atoms with Gasteiger partial charge in [0.25, 0.3) is 5.91 Å². The van der Waals surface area contributed by atoms with Crippen molar-refractivity contribution in [3.8, 4) is 0 Å². The van der Waals surface area contributed by atoms with Crippen molar-refractivity contribution < 1.29 is 9.63 Å². The summed E-state index contributed by atoms with van der Waals surface area (Å²) in [5.41, 5.74) is 7.79. The lowest BCUT2D eigenvalue weighted by molar-refractivity contribution is -0.134. The fraction of sp³-hybridized carbons (Fsp3) is 0.125. The lowest BCUT2D eigenvalue weighted by atomic mass is 9.80. The third kappa shape index (κ3) is 2.03. The minimum atomic E-state index is -1.08. The predicted molar refractivity (Wildman–Crippen MR) is 111 cm³/mol. The molecule has 3 aromatic carbocycles. The number of hydrogen-bond acceptors (Lipinski definition) is 3. The number of amides is 1. The SMILES string of the molecule is CN1C(=O)[C@]2(NO[C@H](c3ccccc3)c3[nH]c4ccccc4c32)c2ccccc21. The van der Waals surface area contributed by atoms with E-state index in [1.54, 1.807) is 4.90 Å². The third-order valence-electron chi connectivity index (χ3n) is 6.10. The van der Waals surface area contributed by atoms with Gasteiger partial charge in [-0.1, -0.05) is 66.7 Å². The smallest absolute Gasteiger partial charge is 0.258 e. The summed E-state index contributed by atoms with van der Waals surface area (Å²) in [5.74, 6) is -0.0452. The number of aromatic amines is 1. The van der Waals surface area contributed by atoms with Crippen LogP contribution in [-0.2, 0) is 15.2 Å². The molecule has 5 nitrogen and oxygen atoms in total. The van der Waals surface area contributed by atoms with E-state index in [9.17, 15) is 4.79 Å². The van der Waals surface area contributed by atoms with E-state index in [1.165, 1.54) is 0 Å². The van der Waals surface area contributed by atoms with Crippen LogP contribution in [0.25, 0.3) is 10.9 Å². The summed E-state index contributed by atoms with van der Waals surface area (Å²) in [7, 11) is 1.81. The highest BCUT2D eigenvalue weighted by atomic mass is 16.7. The van der Waals surface area contributed by atoms with Gasteiger partial charge in [-0.2, -0.15) is 5.48 Å². The Morgan fingerprint density at radius 1 is 0.931 bits per heavy atom. The average Bonchev–Trinajstić information content (AvgIpc) is 3.26. The number of hydroxylamine groups is 1. The van der Waals surface area contributed by atoms with Gasteiger partial charge in [0.2, 0.25) is 0 Å². The summed E-state index contributed by atoms with van der Waals surface area (Å²) in [6.07, 6.45) is -0.338. The van der Waals surface area contributed by atoms with E-state index < -0.39 is 5.54 Å². The number of fused-ring (bicyclic) bond motifs is 6. The number of carbonyl (C=O) groups is 1. The number of likely N-dealkylation sites (N-methyl/N-ethyl adjacent to an activating group) is 1. The highest BCUT2D eigenvalue weighted by Gasteiger charge is 2.56. The first-order chi connectivity index (χ1) is 14.2. The van der Waals surface area contributed by atoms with Crippen LogP contribution in [0, 0.1) is 0 Å². The highest BCUT2D eigenvalue weighted by molar-refractivity contribution is 6.12. The zero-order valence-electron chi connectivity index (χ0n) is 15.8. The minimum Gasteiger partial charge on any atom is -0.356 e. The first-order valence-corrected chi connectivity index (χ1v) is 9.68. The van der Waals surface area contributed by atoms with Gasteiger partial charge in [-0.25, -0.2) is 0 Å². The molecule has 1 spiro atoms. The van der Waals surface area contributed by atoms with Gasteiger partial charge in [0.05, 0.1) is 5.69 Å². The Bertz CT molecular complexity index is 1260. The Balaban J connectivity index is 1.69. The van der Waals surface area contributed by atoms with Crippen LogP contribution in [-0.4, -0.2) is 17.9 Å². The summed E-state index contributed by atoms with van der Waals surface area (Å²) in [6, 6.07) is 26.1. The molecule has 3 heterocycles. The van der Waals surface area contributed by atoms with E-state index in [1.807, 2.05) is 79.8 Å². The van der Waals surface area contributed by atoms with Crippen molar-refractivity contribution in [3.05, 3.63) is 101 Å². The molecule has 0 aliphatic carbocycles. The third-order valence-corrected chi connectivity index (χ3v) is 6.10. The Hall–Kier alpha value is -3.41. The fourth-order valence-corrected chi connectivity index (χ4v) is 4.78. The monoisotopic (exact) mass is 381 g/mol. The number of nitrogens with one attached hydrogen (secondary N) is 2. The molecule has 2 atom stereocenters. The lowest BCUT2D eigenvalue weighted by Crippen LogP contribution is -2.54. The zero-order chi connectivity index (χ0) is 19.6. The topological polar surface area (TPSA) is 57.4 Å². The predicted octanol–water partition coefficient (Wildman–Crippen LogP) is 4.01. The van der Waals surface area contributed by atoms with Gasteiger partial charge in [0, 0.05) is 34.8 Å². The van der Waals surface area contributed by atoms with Gasteiger partial charge < -0.3 is 9.88 Å². The molecule has 0 bridgehead atoms. The molecule has 6 rings (SSSR count). The molecule has 2 aliphatic rings. The quantitative estimate of drug-likeness (QED) is 0.524. The van der Waals surface area contributed by atoms with Gasteiger partial charge in [0.15, 0.2) is 5.54 Å². The number of hydrogen-bond donors (Lipinski definition) is 2. The zero-order valence-corrected chi connectivity index (χ0v) is 15.8. The van der Waals surface area contributed by atoms with Gasteiger partial charge in [0.1, 0.15) is 6.10 Å². The molecule has 0 radical (unpaired) electrons. The van der Waals surface area contributed by atoms with Crippen molar-refractivity contribution in [2.24, 2.45) is 0 Å². The second-order valence-electron chi connectivity index (χ2n) is 7.60. The van der Waals surface area contributed by atoms with E-state index in [0.717, 1.165) is 39.0 Å². The molecule has 142 valence electrons. The maximum Gasteiger partial charge on any atom is 0.258 e. The number of H-pyrrole nitrogens is 1. The second-order valence-corrected chi connectivity index (χ2v) is 7.60. The van der Waals surface area contributed by atoms with E-state index in [4.69, 9.17) is 4.84 Å². The maximum atomic E-state index is 13.7. The lowest BCUT2D eigenvalue weighted by Gasteiger charge is -2.37. The average molecular weight is 381 g/mol. The van der Waals surface area contributed by atoms with E-state index >= 15 is 0 Å². The van der Waals surface area contributed by atoms with Crippen LogP contribution < -0.4 is 10.4 Å². The number of nitrogens with zero attached hydrogens (tertiary/aromatic N) is 1. The van der Waals surface area contributed by atoms with Gasteiger partial charge in [-0.05, 0) is 17.7 Å². The van der Waals surface area contributed by atoms with E-state index in [-0.39, 0.29) is 12.0 Å². The van der Waals surface area contributed by atoms with Crippen LogP contribution in [0.2, 0.25) is 0 Å². The van der Waals surface area contributed by atoms with E-state index in [2.05, 4.69) is 16.5 Å². The molecule has 1 aromatic heterocycles. The minimum absolute atomic E-state index is 0.0452. The van der Waals surface area contributed by atoms with Crippen LogP contribution in [0.5, 0.6) is 0 Å². The second kappa shape index (κ2) is 5.80. The molecule has 0 saturated carbocycles. The maximum absolute atomic E-state index is 13.7. The summed E-state index contributed by atoms with van der Waals surface area (Å²) in [5, 5.41) is 1.03. The molecule has 0 fully saturated rings. The van der Waals surface area contributed by atoms with Gasteiger partial charge in [-0.3, -0.25) is 9.63 Å². The van der Waals surface area contributed by atoms with Crippen LogP contribution >= 0.6 is 0 Å². The fourth-order valence-electron chi connectivity index (χ4n) is 4.78. The molecule has 29 heavy (non-hydrogen) atoms. The Morgan fingerprint density at radius 3 is 2.52 bits per heavy atom. The van der Waals surface area contributed by atoms with Crippen LogP contribution in [0.15, 0.2) is 78.9 Å². The van der Waals surface area contributed by atoms with Crippen molar-refractivity contribution >= 4 is 22.5 Å². The molecular weight excluding hydrogens is 362 g/mol. The molecule has 2 N–H and O–H groups in total. The number of para-hydroxylation sites is 2. The van der Waals surface area contributed by atoms with Crippen LogP contribution in [0.1, 0.15) is 28.5 Å². The van der Waals surface area contributed by atoms with Crippen molar-refractivity contribution in [1.82, 2.24) is 10.5 Å². The van der Waals surface area contributed by atoms with Crippen molar-refractivity contribution in [3.63, 3.8) is 0 Å². The number of anilines is 1. The molecular formula is C24H19N3O2. The number of carbonyl (C=O) groups excluding carboxylic acids is 1. The first kappa shape index (κ1) is 16.5. The molecule has 0 saturated heterocycles. The normalized spacial score (nSPS) is 22.9. The highest BCUT2D eigenvalue weighted by Crippen LogP contribution is 2.51. The number of rotatable bonds is 1. The van der Waals surface area contributed by atoms with Crippen molar-refractivity contribution in [1.29, 1.82) is 0 Å². The Kier molecular flexibility index (Phi) is 3.30. The van der Waals surface area contributed by atoms with Gasteiger partial charge >= 0.3 is 0 Å². The molecule has 4 aromatic rings. The number of benzene rings is 3. The Labute approximate surface area is 167 Å². The number of aromatic nitrogens is 1. The standard InChI is InChI=1S/C24H19N3O2/c1-27-19-14-8-6-12-17(19)24(23(27)28)20-16-11-5-7-13-18(16)25-21(20)22(29-26-24)15-9-3-2-4-10-15/h2-14,22,25-26H,1H3/t22-,24+/m1/s1. The van der Waals surface area contributed by atoms with Crippen LogP contribution in [0.4, 0.5) is 5.69 Å². The van der Waals surface area contributed by atoms with E-state index in [0.29, 0.717) is 0 Å². The summed E-state index contributed by atoms with van der Waals surface area (Å²) in [6.45, 7) is 0. The van der Waals surface area contributed by atoms with Crippen molar-refractivity contribution in [2.45, 2.75) is 11.6 Å². The van der Waals surface area contributed by atoms with Crippen LogP contribution in [0.3, 0.4) is 0 Å². The summed E-state index contributed by atoms with van der Waals surface area (Å²) >= 11 is 0. The molecule has 1 amide bonds. The molecule has 2 aliphatic heterocycles. The summed E-state index contributed by atoms with van der Waals surface area (Å²) in [4.78, 5) is 25.1.